The standard InChI is InChI=1S/C35H34N2O5/c1-37-11-9-22-17-32(40-3)34-35-33(22)27(37)15-20-5-7-29(39-2)25(13-20)24-12-19(4-6-28(24)38)14-26-23-18-31(42-35)30(41-34)16-21(23)8-10-36-26/h4-7,12-13,16-18,26-27,36,38H,8-11,14-15H2,1-3H3/t26-,27+/m0/s1. The molecule has 0 saturated carbocycles. The van der Waals surface area contributed by atoms with Gasteiger partial charge in [0.1, 0.15) is 11.5 Å². The van der Waals surface area contributed by atoms with E-state index in [1.807, 2.05) is 12.1 Å². The Morgan fingerprint density at radius 3 is 2.43 bits per heavy atom. The molecule has 0 saturated heterocycles. The molecular formula is C35H34N2O5. The SMILES string of the molecule is COc1ccc2cc1-c1cc(ccc1O)C[C@@H]1NCCc3cc4c(cc31)Oc1c(c(OC)cc3c1[C@@H](C2)N(C)CC3)O4. The number of likely N-dealkylation sites (N-methyl/N-ethyl adjacent to an activating group) is 1. The summed E-state index contributed by atoms with van der Waals surface area (Å²) in [5.74, 6) is 4.55. The molecule has 2 N–H and O–H groups in total. The summed E-state index contributed by atoms with van der Waals surface area (Å²) in [6.45, 7) is 1.79. The smallest absolute Gasteiger partial charge is 0.212 e. The van der Waals surface area contributed by atoms with Crippen LogP contribution in [0.4, 0.5) is 0 Å². The summed E-state index contributed by atoms with van der Waals surface area (Å²) in [7, 11) is 5.55. The van der Waals surface area contributed by atoms with Crippen molar-refractivity contribution in [1.29, 1.82) is 0 Å². The fourth-order valence-corrected chi connectivity index (χ4v) is 7.22. The number of nitrogens with zero attached hydrogens (tertiary/aromatic N) is 1. The van der Waals surface area contributed by atoms with Crippen LogP contribution in [0.5, 0.6) is 40.2 Å². The molecule has 7 bridgehead atoms. The van der Waals surface area contributed by atoms with Gasteiger partial charge in [-0.3, -0.25) is 4.90 Å². The van der Waals surface area contributed by atoms with Crippen molar-refractivity contribution in [2.45, 2.75) is 37.8 Å². The van der Waals surface area contributed by atoms with E-state index in [0.717, 1.165) is 89.6 Å². The summed E-state index contributed by atoms with van der Waals surface area (Å²) in [5.41, 5.74) is 8.80. The third-order valence-corrected chi connectivity index (χ3v) is 9.42. The molecular weight excluding hydrogens is 528 g/mol. The highest BCUT2D eigenvalue weighted by Gasteiger charge is 2.36. The molecule has 4 aliphatic rings. The summed E-state index contributed by atoms with van der Waals surface area (Å²) >= 11 is 0. The zero-order chi connectivity index (χ0) is 28.5. The monoisotopic (exact) mass is 562 g/mol. The summed E-state index contributed by atoms with van der Waals surface area (Å²) < 4.78 is 25.1. The van der Waals surface area contributed by atoms with Crippen molar-refractivity contribution in [3.8, 4) is 51.4 Å². The molecule has 7 nitrogen and oxygen atoms in total. The van der Waals surface area contributed by atoms with E-state index in [0.29, 0.717) is 11.5 Å². The van der Waals surface area contributed by atoms with Crippen LogP contribution >= 0.6 is 0 Å². The van der Waals surface area contributed by atoms with Crippen LogP contribution in [0.1, 0.15) is 45.5 Å². The van der Waals surface area contributed by atoms with Gasteiger partial charge in [-0.15, -0.1) is 0 Å². The normalized spacial score (nSPS) is 20.0. The molecule has 8 rings (SSSR count). The molecule has 4 heterocycles. The van der Waals surface area contributed by atoms with E-state index in [-0.39, 0.29) is 17.8 Å². The van der Waals surface area contributed by atoms with E-state index in [9.17, 15) is 5.11 Å². The zero-order valence-corrected chi connectivity index (χ0v) is 24.1. The minimum absolute atomic E-state index is 0.0553. The lowest BCUT2D eigenvalue weighted by atomic mass is 9.86. The first-order valence-corrected chi connectivity index (χ1v) is 14.7. The quantitative estimate of drug-likeness (QED) is 0.255. The third kappa shape index (κ3) is 3.95. The Morgan fingerprint density at radius 2 is 1.57 bits per heavy atom. The van der Waals surface area contributed by atoms with Gasteiger partial charge in [0.2, 0.25) is 5.75 Å². The predicted molar refractivity (Wildman–Crippen MR) is 161 cm³/mol. The van der Waals surface area contributed by atoms with Gasteiger partial charge in [-0.1, -0.05) is 12.1 Å². The topological polar surface area (TPSA) is 72.4 Å². The number of benzene rings is 4. The van der Waals surface area contributed by atoms with Gasteiger partial charge in [-0.2, -0.15) is 0 Å². The van der Waals surface area contributed by atoms with Gasteiger partial charge in [-0.05, 0) is 110 Å². The molecule has 4 aliphatic heterocycles. The maximum absolute atomic E-state index is 11.1. The van der Waals surface area contributed by atoms with E-state index in [2.05, 4.69) is 53.7 Å². The first kappa shape index (κ1) is 25.5. The number of phenolic OH excluding ortho intramolecular Hbond substituents is 1. The van der Waals surface area contributed by atoms with E-state index < -0.39 is 0 Å². The molecule has 4 aromatic rings. The molecule has 0 amide bonds. The molecule has 7 heteroatoms. The zero-order valence-electron chi connectivity index (χ0n) is 24.1. The molecule has 42 heavy (non-hydrogen) atoms. The van der Waals surface area contributed by atoms with Gasteiger partial charge in [0, 0.05) is 35.3 Å². The van der Waals surface area contributed by atoms with Crippen LogP contribution in [0, 0.1) is 0 Å². The fourth-order valence-electron chi connectivity index (χ4n) is 7.22. The molecule has 0 unspecified atom stereocenters. The van der Waals surface area contributed by atoms with Crippen LogP contribution in [-0.2, 0) is 25.7 Å². The number of fused-ring (bicyclic) bond motifs is 5. The number of hydrogen-bond acceptors (Lipinski definition) is 7. The number of hydrogen-bond donors (Lipinski definition) is 2. The minimum Gasteiger partial charge on any atom is -0.507 e. The first-order valence-electron chi connectivity index (χ1n) is 14.7. The predicted octanol–water partition coefficient (Wildman–Crippen LogP) is 6.49. The lowest BCUT2D eigenvalue weighted by molar-refractivity contribution is 0.220. The van der Waals surface area contributed by atoms with E-state index in [4.69, 9.17) is 18.9 Å². The Hall–Kier alpha value is -4.20. The molecule has 2 atom stereocenters. The maximum atomic E-state index is 11.1. The van der Waals surface area contributed by atoms with Crippen LogP contribution < -0.4 is 24.3 Å². The van der Waals surface area contributed by atoms with Crippen LogP contribution in [0.25, 0.3) is 11.1 Å². The second-order valence-corrected chi connectivity index (χ2v) is 11.8. The summed E-state index contributed by atoms with van der Waals surface area (Å²) in [4.78, 5) is 2.39. The van der Waals surface area contributed by atoms with Crippen LogP contribution in [-0.4, -0.2) is 44.4 Å². The average molecular weight is 563 g/mol. The highest BCUT2D eigenvalue weighted by molar-refractivity contribution is 5.77. The molecule has 0 aromatic heterocycles. The second-order valence-electron chi connectivity index (χ2n) is 11.8. The lowest BCUT2D eigenvalue weighted by Crippen LogP contribution is -2.34. The van der Waals surface area contributed by atoms with Crippen molar-refractivity contribution in [3.05, 3.63) is 88.0 Å². The lowest BCUT2D eigenvalue weighted by Gasteiger charge is -2.38. The number of aromatic hydroxyl groups is 1. The Balaban J connectivity index is 1.39. The van der Waals surface area contributed by atoms with Gasteiger partial charge >= 0.3 is 0 Å². The van der Waals surface area contributed by atoms with E-state index in [1.54, 1.807) is 20.3 Å². The largest absolute Gasteiger partial charge is 0.507 e. The maximum Gasteiger partial charge on any atom is 0.212 e. The third-order valence-electron chi connectivity index (χ3n) is 9.42. The molecule has 214 valence electrons. The second kappa shape index (κ2) is 9.68. The Kier molecular flexibility index (Phi) is 5.88. The first-order chi connectivity index (χ1) is 20.5. The molecule has 0 spiro atoms. The van der Waals surface area contributed by atoms with Crippen molar-refractivity contribution in [2.75, 3.05) is 34.4 Å². The summed E-state index contributed by atoms with van der Waals surface area (Å²) in [6.07, 6.45) is 3.34. The fraction of sp³-hybridized carbons (Fsp3) is 0.314. The Bertz CT molecular complexity index is 1750. The van der Waals surface area contributed by atoms with E-state index in [1.165, 1.54) is 16.7 Å². The number of nitrogens with one attached hydrogen (secondary N) is 1. The van der Waals surface area contributed by atoms with Crippen molar-refractivity contribution >= 4 is 0 Å². The van der Waals surface area contributed by atoms with Gasteiger partial charge in [-0.25, -0.2) is 0 Å². The minimum atomic E-state index is 0.0553. The van der Waals surface area contributed by atoms with Crippen LogP contribution in [0.3, 0.4) is 0 Å². The van der Waals surface area contributed by atoms with Gasteiger partial charge in [0.15, 0.2) is 23.0 Å². The molecule has 0 aliphatic carbocycles. The summed E-state index contributed by atoms with van der Waals surface area (Å²) in [5, 5.41) is 14.8. The Morgan fingerprint density at radius 1 is 0.810 bits per heavy atom. The number of methoxy groups -OCH3 is 2. The van der Waals surface area contributed by atoms with Crippen LogP contribution in [0.2, 0.25) is 0 Å². The van der Waals surface area contributed by atoms with Crippen molar-refractivity contribution in [1.82, 2.24) is 10.2 Å². The highest BCUT2D eigenvalue weighted by atomic mass is 16.6. The highest BCUT2D eigenvalue weighted by Crippen LogP contribution is 2.56. The number of rotatable bonds is 2. The molecule has 0 fully saturated rings. The van der Waals surface area contributed by atoms with Crippen LogP contribution in [0.15, 0.2) is 54.6 Å². The van der Waals surface area contributed by atoms with Gasteiger partial charge < -0.3 is 29.4 Å². The molecule has 4 aromatic carbocycles. The average Bonchev–Trinajstić information content (AvgIpc) is 3.00. The summed E-state index contributed by atoms with van der Waals surface area (Å²) in [6, 6.07) is 18.8. The van der Waals surface area contributed by atoms with Crippen molar-refractivity contribution < 1.29 is 24.1 Å². The van der Waals surface area contributed by atoms with Crippen molar-refractivity contribution in [2.24, 2.45) is 0 Å². The van der Waals surface area contributed by atoms with Gasteiger partial charge in [0.05, 0.1) is 14.2 Å². The number of phenols is 1. The van der Waals surface area contributed by atoms with Gasteiger partial charge in [0.25, 0.3) is 0 Å². The van der Waals surface area contributed by atoms with Crippen molar-refractivity contribution in [3.63, 3.8) is 0 Å². The van der Waals surface area contributed by atoms with E-state index >= 15 is 0 Å². The molecule has 0 radical (unpaired) electrons. The Labute approximate surface area is 245 Å². The number of ether oxygens (including phenoxy) is 4.